The number of carbonyl (C=O) groups excluding carboxylic acids is 1. The predicted molar refractivity (Wildman–Crippen MR) is 116 cm³/mol. The molecule has 6 nitrogen and oxygen atoms in total. The normalized spacial score (nSPS) is 10.2. The van der Waals surface area contributed by atoms with E-state index in [0.717, 1.165) is 11.3 Å². The van der Waals surface area contributed by atoms with Crippen LogP contribution in [0.3, 0.4) is 0 Å². The molecule has 0 bridgehead atoms. The van der Waals surface area contributed by atoms with Crippen molar-refractivity contribution in [3.63, 3.8) is 0 Å². The Hall–Kier alpha value is -3.67. The number of hydrogen-bond acceptors (Lipinski definition) is 5. The fourth-order valence-electron chi connectivity index (χ4n) is 2.99. The van der Waals surface area contributed by atoms with Crippen LogP contribution >= 0.6 is 0 Å². The smallest absolute Gasteiger partial charge is 0.224 e. The van der Waals surface area contributed by atoms with Crippen LogP contribution in [0.1, 0.15) is 12.0 Å². The first-order valence-electron chi connectivity index (χ1n) is 9.54. The second kappa shape index (κ2) is 10.2. The summed E-state index contributed by atoms with van der Waals surface area (Å²) in [5.74, 6) is 3.06. The summed E-state index contributed by atoms with van der Waals surface area (Å²) < 4.78 is 21.8. The Bertz CT molecular complexity index is 946. The summed E-state index contributed by atoms with van der Waals surface area (Å²) in [4.78, 5) is 12.4. The molecular formula is C24H25NO5. The Morgan fingerprint density at radius 2 is 1.40 bits per heavy atom. The van der Waals surface area contributed by atoms with Crippen molar-refractivity contribution in [1.29, 1.82) is 0 Å². The van der Waals surface area contributed by atoms with Gasteiger partial charge in [0, 0.05) is 12.1 Å². The number of hydrogen-bond donors (Lipinski definition) is 1. The molecule has 6 heteroatoms. The number of anilines is 1. The van der Waals surface area contributed by atoms with Crippen LogP contribution < -0.4 is 24.3 Å². The number of carbonyl (C=O) groups is 1. The van der Waals surface area contributed by atoms with E-state index in [9.17, 15) is 4.79 Å². The molecule has 0 atom stereocenters. The summed E-state index contributed by atoms with van der Waals surface area (Å²) in [6.07, 6.45) is 0.860. The van der Waals surface area contributed by atoms with Crippen molar-refractivity contribution in [2.45, 2.75) is 12.8 Å². The molecule has 156 valence electrons. The zero-order valence-corrected chi connectivity index (χ0v) is 17.3. The van der Waals surface area contributed by atoms with E-state index >= 15 is 0 Å². The molecule has 0 saturated carbocycles. The van der Waals surface area contributed by atoms with Gasteiger partial charge in [0.25, 0.3) is 0 Å². The summed E-state index contributed by atoms with van der Waals surface area (Å²) in [5.41, 5.74) is 1.64. The molecule has 3 aromatic carbocycles. The SMILES string of the molecule is COc1cc(CCC(=O)Nc2ccc(Oc3ccccc3)cc2)cc(OC)c1OC. The van der Waals surface area contributed by atoms with Crippen LogP contribution in [0, 0.1) is 0 Å². The number of benzene rings is 3. The number of aryl methyl sites for hydroxylation is 1. The molecule has 0 spiro atoms. The highest BCUT2D eigenvalue weighted by atomic mass is 16.5. The van der Waals surface area contributed by atoms with Crippen molar-refractivity contribution in [3.8, 4) is 28.7 Å². The van der Waals surface area contributed by atoms with Gasteiger partial charge in [-0.05, 0) is 60.5 Å². The number of rotatable bonds is 9. The number of nitrogens with one attached hydrogen (secondary N) is 1. The second-order valence-electron chi connectivity index (χ2n) is 6.52. The summed E-state index contributed by atoms with van der Waals surface area (Å²) in [5, 5.41) is 2.90. The van der Waals surface area contributed by atoms with E-state index < -0.39 is 0 Å². The summed E-state index contributed by atoms with van der Waals surface area (Å²) in [7, 11) is 4.70. The van der Waals surface area contributed by atoms with Gasteiger partial charge in [-0.2, -0.15) is 0 Å². The molecule has 0 saturated heterocycles. The van der Waals surface area contributed by atoms with Gasteiger partial charge in [-0.3, -0.25) is 4.79 Å². The maximum Gasteiger partial charge on any atom is 0.224 e. The van der Waals surface area contributed by atoms with E-state index in [1.807, 2.05) is 66.7 Å². The Kier molecular flexibility index (Phi) is 7.16. The molecule has 0 aliphatic heterocycles. The van der Waals surface area contributed by atoms with Gasteiger partial charge in [0.2, 0.25) is 11.7 Å². The standard InChI is InChI=1S/C24H25NO5/c1-27-21-15-17(16-22(28-2)24(21)29-3)9-14-23(26)25-18-10-12-20(13-11-18)30-19-7-5-4-6-8-19/h4-8,10-13,15-16H,9,14H2,1-3H3,(H,25,26). The maximum atomic E-state index is 12.4. The van der Waals surface area contributed by atoms with Crippen molar-refractivity contribution in [1.82, 2.24) is 0 Å². The lowest BCUT2D eigenvalue weighted by atomic mass is 10.1. The summed E-state index contributed by atoms with van der Waals surface area (Å²) >= 11 is 0. The van der Waals surface area contributed by atoms with E-state index in [0.29, 0.717) is 41.5 Å². The molecule has 0 aliphatic carbocycles. The van der Waals surface area contributed by atoms with Gasteiger partial charge in [0.1, 0.15) is 11.5 Å². The molecule has 1 amide bonds. The molecule has 0 radical (unpaired) electrons. The van der Waals surface area contributed by atoms with Crippen molar-refractivity contribution >= 4 is 11.6 Å². The highest BCUT2D eigenvalue weighted by Gasteiger charge is 2.14. The fraction of sp³-hybridized carbons (Fsp3) is 0.208. The van der Waals surface area contributed by atoms with Crippen molar-refractivity contribution in [3.05, 3.63) is 72.3 Å². The first-order chi connectivity index (χ1) is 14.6. The van der Waals surface area contributed by atoms with Crippen LogP contribution in [0.4, 0.5) is 5.69 Å². The van der Waals surface area contributed by atoms with Crippen molar-refractivity contribution in [2.75, 3.05) is 26.6 Å². The molecular weight excluding hydrogens is 382 g/mol. The lowest BCUT2D eigenvalue weighted by Gasteiger charge is -2.14. The number of methoxy groups -OCH3 is 3. The van der Waals surface area contributed by atoms with Gasteiger partial charge < -0.3 is 24.3 Å². The summed E-state index contributed by atoms with van der Waals surface area (Å²) in [6, 6.07) is 20.5. The predicted octanol–water partition coefficient (Wildman–Crippen LogP) is 5.08. The first-order valence-corrected chi connectivity index (χ1v) is 9.54. The van der Waals surface area contributed by atoms with Crippen LogP contribution in [0.15, 0.2) is 66.7 Å². The molecule has 0 fully saturated rings. The van der Waals surface area contributed by atoms with E-state index in [4.69, 9.17) is 18.9 Å². The summed E-state index contributed by atoms with van der Waals surface area (Å²) in [6.45, 7) is 0. The molecule has 0 aliphatic rings. The Morgan fingerprint density at radius 3 is 1.97 bits per heavy atom. The Morgan fingerprint density at radius 1 is 0.800 bits per heavy atom. The highest BCUT2D eigenvalue weighted by Crippen LogP contribution is 2.38. The van der Waals surface area contributed by atoms with E-state index in [1.165, 1.54) is 0 Å². The third kappa shape index (κ3) is 5.44. The van der Waals surface area contributed by atoms with Gasteiger partial charge in [-0.25, -0.2) is 0 Å². The quantitative estimate of drug-likeness (QED) is 0.536. The van der Waals surface area contributed by atoms with E-state index in [1.54, 1.807) is 21.3 Å². The largest absolute Gasteiger partial charge is 0.493 e. The minimum Gasteiger partial charge on any atom is -0.493 e. The first kappa shape index (κ1) is 21.0. The third-order valence-electron chi connectivity index (χ3n) is 4.48. The van der Waals surface area contributed by atoms with Gasteiger partial charge in [-0.1, -0.05) is 18.2 Å². The fourth-order valence-corrected chi connectivity index (χ4v) is 2.99. The molecule has 3 rings (SSSR count). The minimum atomic E-state index is -0.0829. The minimum absolute atomic E-state index is 0.0829. The molecule has 0 aromatic heterocycles. The average molecular weight is 407 g/mol. The lowest BCUT2D eigenvalue weighted by Crippen LogP contribution is -2.12. The topological polar surface area (TPSA) is 66.0 Å². The number of amides is 1. The maximum absolute atomic E-state index is 12.4. The lowest BCUT2D eigenvalue weighted by molar-refractivity contribution is -0.116. The van der Waals surface area contributed by atoms with Crippen LogP contribution in [0.5, 0.6) is 28.7 Å². The van der Waals surface area contributed by atoms with Crippen LogP contribution in [-0.4, -0.2) is 27.2 Å². The zero-order chi connectivity index (χ0) is 21.3. The molecule has 0 heterocycles. The van der Waals surface area contributed by atoms with Gasteiger partial charge >= 0.3 is 0 Å². The second-order valence-corrected chi connectivity index (χ2v) is 6.52. The number of para-hydroxylation sites is 1. The zero-order valence-electron chi connectivity index (χ0n) is 17.3. The van der Waals surface area contributed by atoms with Crippen LogP contribution in [0.2, 0.25) is 0 Å². The third-order valence-corrected chi connectivity index (χ3v) is 4.48. The van der Waals surface area contributed by atoms with Crippen molar-refractivity contribution in [2.24, 2.45) is 0 Å². The van der Waals surface area contributed by atoms with Gasteiger partial charge in [-0.15, -0.1) is 0 Å². The Balaban J connectivity index is 1.57. The van der Waals surface area contributed by atoms with Crippen LogP contribution in [0.25, 0.3) is 0 Å². The monoisotopic (exact) mass is 407 g/mol. The molecule has 1 N–H and O–H groups in total. The highest BCUT2D eigenvalue weighted by molar-refractivity contribution is 5.90. The van der Waals surface area contributed by atoms with Gasteiger partial charge in [0.05, 0.1) is 21.3 Å². The molecule has 0 unspecified atom stereocenters. The molecule has 30 heavy (non-hydrogen) atoms. The molecule has 3 aromatic rings. The van der Waals surface area contributed by atoms with Crippen LogP contribution in [-0.2, 0) is 11.2 Å². The van der Waals surface area contributed by atoms with Crippen molar-refractivity contribution < 1.29 is 23.7 Å². The van der Waals surface area contributed by atoms with Gasteiger partial charge in [0.15, 0.2) is 11.5 Å². The van der Waals surface area contributed by atoms with E-state index in [2.05, 4.69) is 5.32 Å². The number of ether oxygens (including phenoxy) is 4. The Labute approximate surface area is 176 Å². The van der Waals surface area contributed by atoms with E-state index in [-0.39, 0.29) is 5.91 Å². The average Bonchev–Trinajstić information content (AvgIpc) is 2.78.